The lowest BCUT2D eigenvalue weighted by Crippen LogP contribution is -2.45. The first kappa shape index (κ1) is 17.9. The number of hydrogen-bond acceptors (Lipinski definition) is 4. The molecule has 1 aliphatic heterocycles. The Hall–Kier alpha value is -1.43. The molecular formula is C17H26ClN5. The summed E-state index contributed by atoms with van der Waals surface area (Å²) in [6, 6.07) is 4.64. The lowest BCUT2D eigenvalue weighted by molar-refractivity contribution is 0.153. The third-order valence-corrected chi connectivity index (χ3v) is 4.07. The van der Waals surface area contributed by atoms with E-state index in [0.717, 1.165) is 32.7 Å². The molecule has 5 nitrogen and oxygen atoms in total. The summed E-state index contributed by atoms with van der Waals surface area (Å²) >= 11 is 0. The van der Waals surface area contributed by atoms with Gasteiger partial charge in [0.15, 0.2) is 0 Å². The number of pyridine rings is 1. The molecule has 1 fully saturated rings. The first-order valence-electron chi connectivity index (χ1n) is 8.08. The van der Waals surface area contributed by atoms with Crippen molar-refractivity contribution in [3.63, 3.8) is 0 Å². The Bertz CT molecular complexity index is 584. The number of rotatable bonds is 5. The van der Waals surface area contributed by atoms with Crippen LogP contribution in [0.15, 0.2) is 36.9 Å². The van der Waals surface area contributed by atoms with E-state index in [1.54, 1.807) is 0 Å². The fraction of sp³-hybridized carbons (Fsp3) is 0.529. The molecule has 0 aromatic carbocycles. The van der Waals surface area contributed by atoms with E-state index >= 15 is 0 Å². The smallest absolute Gasteiger partial charge is 0.0534 e. The van der Waals surface area contributed by atoms with Crippen LogP contribution in [0.4, 0.5) is 0 Å². The molecule has 3 heterocycles. The third kappa shape index (κ3) is 4.77. The molecule has 6 heteroatoms. The summed E-state index contributed by atoms with van der Waals surface area (Å²) in [6.45, 7) is 9.46. The van der Waals surface area contributed by atoms with Crippen molar-refractivity contribution in [2.75, 3.05) is 19.6 Å². The van der Waals surface area contributed by atoms with Gasteiger partial charge in [-0.05, 0) is 23.6 Å². The van der Waals surface area contributed by atoms with Crippen LogP contribution < -0.4 is 5.32 Å². The second kappa shape index (κ2) is 8.43. The maximum Gasteiger partial charge on any atom is 0.0534 e. The van der Waals surface area contributed by atoms with Gasteiger partial charge in [0.2, 0.25) is 0 Å². The Morgan fingerprint density at radius 1 is 1.30 bits per heavy atom. The van der Waals surface area contributed by atoms with Gasteiger partial charge in [-0.1, -0.05) is 13.8 Å². The Morgan fingerprint density at radius 3 is 2.83 bits per heavy atom. The molecular weight excluding hydrogens is 310 g/mol. The van der Waals surface area contributed by atoms with Crippen LogP contribution in [0.1, 0.15) is 31.0 Å². The summed E-state index contributed by atoms with van der Waals surface area (Å²) in [6.07, 6.45) is 7.95. The van der Waals surface area contributed by atoms with Crippen LogP contribution in [-0.2, 0) is 13.1 Å². The zero-order valence-electron chi connectivity index (χ0n) is 13.9. The van der Waals surface area contributed by atoms with Crippen LogP contribution >= 0.6 is 12.4 Å². The lowest BCUT2D eigenvalue weighted by Gasteiger charge is -2.36. The monoisotopic (exact) mass is 335 g/mol. The highest BCUT2D eigenvalue weighted by Crippen LogP contribution is 2.23. The fourth-order valence-corrected chi connectivity index (χ4v) is 3.05. The Kier molecular flexibility index (Phi) is 6.57. The van der Waals surface area contributed by atoms with E-state index in [-0.39, 0.29) is 12.4 Å². The van der Waals surface area contributed by atoms with Crippen LogP contribution in [0.5, 0.6) is 0 Å². The molecule has 1 unspecified atom stereocenters. The van der Waals surface area contributed by atoms with E-state index in [9.17, 15) is 0 Å². The number of nitrogens with zero attached hydrogens (tertiary/aromatic N) is 4. The average molecular weight is 336 g/mol. The van der Waals surface area contributed by atoms with E-state index in [1.165, 1.54) is 11.1 Å². The molecule has 0 spiro atoms. The minimum absolute atomic E-state index is 0. The van der Waals surface area contributed by atoms with Crippen molar-refractivity contribution in [1.29, 1.82) is 0 Å². The summed E-state index contributed by atoms with van der Waals surface area (Å²) in [5, 5.41) is 7.98. The molecule has 0 aliphatic carbocycles. The van der Waals surface area contributed by atoms with Gasteiger partial charge in [0.25, 0.3) is 0 Å². The first-order chi connectivity index (χ1) is 10.7. The summed E-state index contributed by atoms with van der Waals surface area (Å²) < 4.78 is 2.06. The van der Waals surface area contributed by atoms with Crippen molar-refractivity contribution in [2.45, 2.75) is 33.0 Å². The third-order valence-electron chi connectivity index (χ3n) is 4.07. The predicted molar refractivity (Wildman–Crippen MR) is 94.6 cm³/mol. The maximum absolute atomic E-state index is 4.48. The number of aromatic nitrogens is 3. The second-order valence-electron chi connectivity index (χ2n) is 6.44. The number of nitrogens with one attached hydrogen (secondary N) is 1. The SMILES string of the molecule is CC(C)Cn1cc(CN2CCNCC2c2ccncc2)cn1.Cl. The minimum Gasteiger partial charge on any atom is -0.314 e. The molecule has 3 rings (SSSR count). The van der Waals surface area contributed by atoms with Gasteiger partial charge in [-0.3, -0.25) is 14.6 Å². The zero-order valence-corrected chi connectivity index (χ0v) is 14.7. The van der Waals surface area contributed by atoms with Gasteiger partial charge >= 0.3 is 0 Å². The maximum atomic E-state index is 4.48. The Morgan fingerprint density at radius 2 is 2.09 bits per heavy atom. The topological polar surface area (TPSA) is 46.0 Å². The molecule has 0 saturated carbocycles. The Balaban J connectivity index is 0.00000192. The van der Waals surface area contributed by atoms with Crippen LogP contribution in [-0.4, -0.2) is 39.3 Å². The van der Waals surface area contributed by atoms with Crippen molar-refractivity contribution in [3.8, 4) is 0 Å². The Labute approximate surface area is 144 Å². The van der Waals surface area contributed by atoms with Gasteiger partial charge in [-0.2, -0.15) is 5.10 Å². The fourth-order valence-electron chi connectivity index (χ4n) is 3.05. The van der Waals surface area contributed by atoms with E-state index in [1.807, 2.05) is 18.6 Å². The second-order valence-corrected chi connectivity index (χ2v) is 6.44. The number of piperazine rings is 1. The number of hydrogen-bond donors (Lipinski definition) is 1. The van der Waals surface area contributed by atoms with Gasteiger partial charge in [0.1, 0.15) is 0 Å². The summed E-state index contributed by atoms with van der Waals surface area (Å²) in [7, 11) is 0. The molecule has 2 aromatic rings. The molecule has 0 bridgehead atoms. The number of halogens is 1. The molecule has 23 heavy (non-hydrogen) atoms. The van der Waals surface area contributed by atoms with Crippen LogP contribution in [0.3, 0.4) is 0 Å². The van der Waals surface area contributed by atoms with Crippen molar-refractivity contribution in [3.05, 3.63) is 48.0 Å². The van der Waals surface area contributed by atoms with Crippen molar-refractivity contribution in [2.24, 2.45) is 5.92 Å². The molecule has 2 aromatic heterocycles. The molecule has 126 valence electrons. The summed E-state index contributed by atoms with van der Waals surface area (Å²) in [4.78, 5) is 6.66. The largest absolute Gasteiger partial charge is 0.314 e. The molecule has 1 aliphatic rings. The van der Waals surface area contributed by atoms with Crippen molar-refractivity contribution in [1.82, 2.24) is 25.0 Å². The van der Waals surface area contributed by atoms with Gasteiger partial charge in [-0.25, -0.2) is 0 Å². The average Bonchev–Trinajstić information content (AvgIpc) is 2.95. The quantitative estimate of drug-likeness (QED) is 0.912. The highest BCUT2D eigenvalue weighted by atomic mass is 35.5. The lowest BCUT2D eigenvalue weighted by atomic mass is 10.0. The van der Waals surface area contributed by atoms with E-state index in [4.69, 9.17) is 0 Å². The van der Waals surface area contributed by atoms with Crippen LogP contribution in [0.25, 0.3) is 0 Å². The highest BCUT2D eigenvalue weighted by Gasteiger charge is 2.24. The standard InChI is InChI=1S/C17H25N5.ClH/c1-14(2)11-22-13-15(9-20-22)12-21-8-7-19-10-17(21)16-3-5-18-6-4-16;/h3-6,9,13-14,17,19H,7-8,10-12H2,1-2H3;1H. The highest BCUT2D eigenvalue weighted by molar-refractivity contribution is 5.85. The summed E-state index contributed by atoms with van der Waals surface area (Å²) in [5.41, 5.74) is 2.62. The van der Waals surface area contributed by atoms with E-state index < -0.39 is 0 Å². The molecule has 1 atom stereocenters. The molecule has 0 amide bonds. The molecule has 1 saturated heterocycles. The van der Waals surface area contributed by atoms with Gasteiger partial charge < -0.3 is 5.32 Å². The summed E-state index contributed by atoms with van der Waals surface area (Å²) in [5.74, 6) is 0.622. The van der Waals surface area contributed by atoms with E-state index in [2.05, 4.69) is 57.2 Å². The van der Waals surface area contributed by atoms with Gasteiger partial charge in [-0.15, -0.1) is 12.4 Å². The zero-order chi connectivity index (χ0) is 15.4. The molecule has 1 N–H and O–H groups in total. The van der Waals surface area contributed by atoms with Crippen LogP contribution in [0.2, 0.25) is 0 Å². The predicted octanol–water partition coefficient (Wildman–Crippen LogP) is 2.50. The van der Waals surface area contributed by atoms with Crippen LogP contribution in [0, 0.1) is 5.92 Å². The first-order valence-corrected chi connectivity index (χ1v) is 8.08. The van der Waals surface area contributed by atoms with Crippen molar-refractivity contribution >= 4 is 12.4 Å². The van der Waals surface area contributed by atoms with Gasteiger partial charge in [0.05, 0.1) is 6.20 Å². The van der Waals surface area contributed by atoms with Gasteiger partial charge in [0, 0.05) is 62.9 Å². The normalized spacial score (nSPS) is 18.8. The van der Waals surface area contributed by atoms with Crippen molar-refractivity contribution < 1.29 is 0 Å². The minimum atomic E-state index is 0. The van der Waals surface area contributed by atoms with E-state index in [0.29, 0.717) is 12.0 Å². The molecule has 0 radical (unpaired) electrons.